The lowest BCUT2D eigenvalue weighted by atomic mass is 9.89. The number of amidine groups is 1. The van der Waals surface area contributed by atoms with Crippen LogP contribution in [0.3, 0.4) is 0 Å². The fraction of sp³-hybridized carbons (Fsp3) is 0.692. The van der Waals surface area contributed by atoms with Crippen LogP contribution in [0.4, 0.5) is 13.2 Å². The maximum absolute atomic E-state index is 13.5. The van der Waals surface area contributed by atoms with Gasteiger partial charge in [-0.05, 0) is 57.5 Å². The summed E-state index contributed by atoms with van der Waals surface area (Å²) in [5.41, 5.74) is -1.36. The van der Waals surface area contributed by atoms with Crippen molar-refractivity contribution < 1.29 is 32.2 Å². The molecule has 1 amide bonds. The third kappa shape index (κ3) is 6.32. The molecule has 4 rings (SSSR count). The van der Waals surface area contributed by atoms with E-state index in [0.717, 1.165) is 44.4 Å². The Morgan fingerprint density at radius 3 is 2.58 bits per heavy atom. The zero-order valence-corrected chi connectivity index (χ0v) is 21.4. The van der Waals surface area contributed by atoms with Crippen LogP contribution in [0.25, 0.3) is 0 Å². The van der Waals surface area contributed by atoms with Gasteiger partial charge in [-0.3, -0.25) is 4.79 Å². The Morgan fingerprint density at radius 1 is 1.19 bits per heavy atom. The first kappa shape index (κ1) is 26.7. The largest absolute Gasteiger partial charge is 0.491 e. The number of carbonyl (C=O) groups is 1. The van der Waals surface area contributed by atoms with Crippen molar-refractivity contribution >= 4 is 11.9 Å². The first-order valence-corrected chi connectivity index (χ1v) is 12.6. The molecule has 1 unspecified atom stereocenters. The number of ether oxygens (including phenoxy) is 3. The maximum atomic E-state index is 13.5. The van der Waals surface area contributed by atoms with E-state index in [1.165, 1.54) is 6.07 Å². The van der Waals surface area contributed by atoms with E-state index < -0.39 is 17.6 Å². The second kappa shape index (κ2) is 10.6. The highest BCUT2D eigenvalue weighted by molar-refractivity contribution is 6.03. The predicted octanol–water partition coefficient (Wildman–Crippen LogP) is 4.60. The summed E-state index contributed by atoms with van der Waals surface area (Å²) in [6, 6.07) is 3.23. The van der Waals surface area contributed by atoms with Crippen LogP contribution in [-0.4, -0.2) is 79.9 Å². The van der Waals surface area contributed by atoms with Gasteiger partial charge in [-0.25, -0.2) is 0 Å². The third-order valence-corrected chi connectivity index (χ3v) is 7.16. The van der Waals surface area contributed by atoms with Crippen LogP contribution in [0.5, 0.6) is 5.75 Å². The molecule has 3 aliphatic heterocycles. The van der Waals surface area contributed by atoms with E-state index in [-0.39, 0.29) is 47.6 Å². The molecule has 3 saturated heterocycles. The van der Waals surface area contributed by atoms with Gasteiger partial charge in [0.05, 0.1) is 23.8 Å². The van der Waals surface area contributed by atoms with E-state index in [2.05, 4.69) is 9.89 Å². The van der Waals surface area contributed by atoms with Gasteiger partial charge in [-0.2, -0.15) is 18.2 Å². The zero-order chi connectivity index (χ0) is 26.1. The van der Waals surface area contributed by atoms with Crippen LogP contribution in [0.1, 0.15) is 62.4 Å². The lowest BCUT2D eigenvalue weighted by Gasteiger charge is -2.25. The summed E-state index contributed by atoms with van der Waals surface area (Å²) in [5.74, 6) is -0.730. The Bertz CT molecular complexity index is 970. The number of nitrogens with zero attached hydrogens (tertiary/aromatic N) is 3. The second-order valence-electron chi connectivity index (χ2n) is 11.0. The molecule has 0 radical (unpaired) electrons. The number of carbonyl (C=O) groups excluding carboxylic acids is 1. The smallest absolute Gasteiger partial charge is 0.416 e. The quantitative estimate of drug-likeness (QED) is 0.556. The lowest BCUT2D eigenvalue weighted by Crippen LogP contribution is -2.36. The average molecular weight is 512 g/mol. The molecule has 3 fully saturated rings. The van der Waals surface area contributed by atoms with Crippen molar-refractivity contribution in [3.63, 3.8) is 0 Å². The van der Waals surface area contributed by atoms with Gasteiger partial charge in [0.1, 0.15) is 18.5 Å². The lowest BCUT2D eigenvalue weighted by molar-refractivity contribution is -0.137. The fourth-order valence-corrected chi connectivity index (χ4v) is 4.77. The van der Waals surface area contributed by atoms with E-state index in [9.17, 15) is 18.0 Å². The maximum Gasteiger partial charge on any atom is 0.416 e. The molecule has 1 aromatic rings. The van der Waals surface area contributed by atoms with E-state index in [1.807, 2.05) is 32.7 Å². The summed E-state index contributed by atoms with van der Waals surface area (Å²) in [6.07, 6.45) is -0.982. The Balaban J connectivity index is 1.61. The molecule has 0 aromatic heterocycles. The molecule has 200 valence electrons. The van der Waals surface area contributed by atoms with Crippen molar-refractivity contribution in [3.05, 3.63) is 29.3 Å². The van der Waals surface area contributed by atoms with E-state index >= 15 is 0 Å². The third-order valence-electron chi connectivity index (χ3n) is 7.16. The molecule has 0 saturated carbocycles. The molecule has 10 heteroatoms. The van der Waals surface area contributed by atoms with Crippen LogP contribution in [-0.2, 0) is 15.7 Å². The minimum Gasteiger partial charge on any atom is -0.491 e. The Kier molecular flexibility index (Phi) is 7.85. The van der Waals surface area contributed by atoms with E-state index in [4.69, 9.17) is 14.2 Å². The SMILES string of the molecule is CN1CCC[C@H]1COc1ccc(C(F)(F)F)cc1C(=O)N=C1OC(C(C)(C)C)CN1C[C@H]1CCCO1. The summed E-state index contributed by atoms with van der Waals surface area (Å²) < 4.78 is 58.1. The van der Waals surface area contributed by atoms with Crippen molar-refractivity contribution in [2.45, 2.75) is 70.9 Å². The van der Waals surface area contributed by atoms with Crippen molar-refractivity contribution in [2.75, 3.05) is 39.9 Å². The first-order chi connectivity index (χ1) is 16.9. The Morgan fingerprint density at radius 2 is 1.97 bits per heavy atom. The molecule has 0 bridgehead atoms. The number of benzene rings is 1. The van der Waals surface area contributed by atoms with Crippen LogP contribution >= 0.6 is 0 Å². The molecule has 1 aromatic carbocycles. The van der Waals surface area contributed by atoms with Gasteiger partial charge in [0.25, 0.3) is 11.9 Å². The van der Waals surface area contributed by atoms with Gasteiger partial charge < -0.3 is 24.0 Å². The average Bonchev–Trinajstić information content (AvgIpc) is 3.54. The number of alkyl halides is 3. The fourth-order valence-electron chi connectivity index (χ4n) is 4.77. The molecule has 0 aliphatic carbocycles. The highest BCUT2D eigenvalue weighted by atomic mass is 19.4. The van der Waals surface area contributed by atoms with Crippen LogP contribution < -0.4 is 4.74 Å². The topological polar surface area (TPSA) is 63.6 Å². The number of halogens is 3. The number of likely N-dealkylation sites (tertiary alicyclic amines) is 1. The van der Waals surface area contributed by atoms with Crippen molar-refractivity contribution in [1.29, 1.82) is 0 Å². The van der Waals surface area contributed by atoms with Crippen molar-refractivity contribution in [1.82, 2.24) is 9.80 Å². The molecular weight excluding hydrogens is 475 g/mol. The first-order valence-electron chi connectivity index (χ1n) is 12.6. The van der Waals surface area contributed by atoms with Crippen LogP contribution in [0.15, 0.2) is 23.2 Å². The number of rotatable bonds is 6. The number of amides is 1. The number of hydrogen-bond donors (Lipinski definition) is 0. The standard InChI is InChI=1S/C26H36F3N3O4/c1-25(2,3)22-15-32(14-19-8-6-12-34-19)24(36-22)30-23(33)20-13-17(26(27,28)29)9-10-21(20)35-16-18-7-5-11-31(18)4/h9-10,13,18-19,22H,5-8,11-12,14-16H2,1-4H3/t18-,19+,22?/m0/s1. The van der Waals surface area contributed by atoms with Gasteiger partial charge >= 0.3 is 6.18 Å². The highest BCUT2D eigenvalue weighted by Crippen LogP contribution is 2.34. The van der Waals surface area contributed by atoms with Gasteiger partial charge in [0, 0.05) is 24.6 Å². The molecular formula is C26H36F3N3O4. The van der Waals surface area contributed by atoms with Crippen molar-refractivity contribution in [3.8, 4) is 5.75 Å². The minimum atomic E-state index is -4.60. The number of likely N-dealkylation sites (N-methyl/N-ethyl adjacent to an activating group) is 1. The van der Waals surface area contributed by atoms with Gasteiger partial charge in [0.15, 0.2) is 0 Å². The van der Waals surface area contributed by atoms with Crippen LogP contribution in [0.2, 0.25) is 0 Å². The van der Waals surface area contributed by atoms with E-state index in [1.54, 1.807) is 0 Å². The normalized spacial score (nSPS) is 26.6. The van der Waals surface area contributed by atoms with E-state index in [0.29, 0.717) is 19.7 Å². The van der Waals surface area contributed by atoms with Gasteiger partial charge in [0.2, 0.25) is 0 Å². The summed E-state index contributed by atoms with van der Waals surface area (Å²) in [4.78, 5) is 21.5. The Labute approximate surface area is 210 Å². The second-order valence-corrected chi connectivity index (χ2v) is 11.0. The van der Waals surface area contributed by atoms with Gasteiger partial charge in [-0.1, -0.05) is 20.8 Å². The monoisotopic (exact) mass is 511 g/mol. The summed E-state index contributed by atoms with van der Waals surface area (Å²) in [5, 5.41) is 0. The number of hydrogen-bond acceptors (Lipinski definition) is 5. The molecule has 0 N–H and O–H groups in total. The molecule has 7 nitrogen and oxygen atoms in total. The van der Waals surface area contributed by atoms with Crippen LogP contribution in [0, 0.1) is 5.41 Å². The summed E-state index contributed by atoms with van der Waals surface area (Å²) >= 11 is 0. The van der Waals surface area contributed by atoms with Gasteiger partial charge in [-0.15, -0.1) is 0 Å². The summed E-state index contributed by atoms with van der Waals surface area (Å²) in [6.45, 7) is 9.05. The zero-order valence-electron chi connectivity index (χ0n) is 21.4. The summed E-state index contributed by atoms with van der Waals surface area (Å²) in [7, 11) is 1.98. The Hall–Kier alpha value is -2.33. The molecule has 3 heterocycles. The highest BCUT2D eigenvalue weighted by Gasteiger charge is 2.40. The molecule has 3 aliphatic rings. The molecule has 3 atom stereocenters. The minimum absolute atomic E-state index is 0.00322. The predicted molar refractivity (Wildman–Crippen MR) is 129 cm³/mol. The molecule has 0 spiro atoms. The number of aliphatic imine (C=N–C) groups is 1. The molecule has 36 heavy (non-hydrogen) atoms. The van der Waals surface area contributed by atoms with Crippen molar-refractivity contribution in [2.24, 2.45) is 10.4 Å².